The van der Waals surface area contributed by atoms with Gasteiger partial charge < -0.3 is 9.88 Å². The summed E-state index contributed by atoms with van der Waals surface area (Å²) in [6.45, 7) is 3.44. The van der Waals surface area contributed by atoms with Crippen molar-refractivity contribution >= 4 is 39.2 Å². The van der Waals surface area contributed by atoms with Crippen LogP contribution >= 0.6 is 11.8 Å². The van der Waals surface area contributed by atoms with Gasteiger partial charge in [-0.3, -0.25) is 14.5 Å². The second-order valence-corrected chi connectivity index (χ2v) is 10.1. The molecule has 0 aliphatic carbocycles. The number of nitrogens with one attached hydrogen (secondary N) is 2. The van der Waals surface area contributed by atoms with Gasteiger partial charge >= 0.3 is 0 Å². The zero-order valence-corrected chi connectivity index (χ0v) is 20.8. The zero-order valence-electron chi connectivity index (χ0n) is 19.1. The summed E-state index contributed by atoms with van der Waals surface area (Å²) >= 11 is 1.24. The van der Waals surface area contributed by atoms with Crippen LogP contribution in [0.3, 0.4) is 0 Å². The first-order valence-electron chi connectivity index (χ1n) is 10.4. The molecule has 35 heavy (non-hydrogen) atoms. The van der Waals surface area contributed by atoms with Crippen LogP contribution in [0.1, 0.15) is 11.5 Å². The van der Waals surface area contributed by atoms with Gasteiger partial charge in [0.05, 0.1) is 10.6 Å². The summed E-state index contributed by atoms with van der Waals surface area (Å²) < 4.78 is 29.6. The van der Waals surface area contributed by atoms with Gasteiger partial charge in [-0.2, -0.15) is 0 Å². The SMILES string of the molecule is Cc1cc(NS(=O)(=O)c2ccc(NC(=O)CSc3nnc(-c4ccncc4)n3C)cc2)nc(C)n1. The predicted molar refractivity (Wildman–Crippen MR) is 132 cm³/mol. The van der Waals surface area contributed by atoms with E-state index >= 15 is 0 Å². The van der Waals surface area contributed by atoms with Gasteiger partial charge in [-0.05, 0) is 50.2 Å². The lowest BCUT2D eigenvalue weighted by Gasteiger charge is -2.10. The van der Waals surface area contributed by atoms with E-state index in [1.165, 1.54) is 36.0 Å². The number of nitrogens with zero attached hydrogens (tertiary/aromatic N) is 6. The molecule has 0 saturated heterocycles. The van der Waals surface area contributed by atoms with Gasteiger partial charge in [-0.25, -0.2) is 18.4 Å². The van der Waals surface area contributed by atoms with Crippen molar-refractivity contribution in [3.05, 3.63) is 66.4 Å². The summed E-state index contributed by atoms with van der Waals surface area (Å²) in [4.78, 5) is 24.7. The van der Waals surface area contributed by atoms with Crippen molar-refractivity contribution in [2.24, 2.45) is 7.05 Å². The Morgan fingerprint density at radius 1 is 1.03 bits per heavy atom. The molecule has 0 aliphatic rings. The molecule has 0 bridgehead atoms. The average molecular weight is 511 g/mol. The molecule has 180 valence electrons. The number of carbonyl (C=O) groups is 1. The lowest BCUT2D eigenvalue weighted by atomic mass is 10.2. The molecule has 0 aliphatic heterocycles. The van der Waals surface area contributed by atoms with Gasteiger partial charge in [-0.15, -0.1) is 10.2 Å². The number of aromatic nitrogens is 6. The Morgan fingerprint density at radius 2 is 1.74 bits per heavy atom. The normalized spacial score (nSPS) is 11.3. The monoisotopic (exact) mass is 510 g/mol. The van der Waals surface area contributed by atoms with Crippen molar-refractivity contribution in [2.75, 3.05) is 15.8 Å². The van der Waals surface area contributed by atoms with Crippen molar-refractivity contribution in [2.45, 2.75) is 23.9 Å². The molecular weight excluding hydrogens is 488 g/mol. The standard InChI is InChI=1S/C22H22N8O3S2/c1-14-12-19(25-15(2)24-14)29-35(32,33)18-6-4-17(5-7-18)26-20(31)13-34-22-28-27-21(30(22)3)16-8-10-23-11-9-16/h4-12H,13H2,1-3H3,(H,26,31)(H,24,25,29). The Balaban J connectivity index is 1.35. The minimum Gasteiger partial charge on any atom is -0.325 e. The van der Waals surface area contributed by atoms with Gasteiger partial charge in [0.1, 0.15) is 11.6 Å². The highest BCUT2D eigenvalue weighted by molar-refractivity contribution is 7.99. The van der Waals surface area contributed by atoms with Crippen LogP contribution in [0.4, 0.5) is 11.5 Å². The van der Waals surface area contributed by atoms with Crippen LogP contribution in [-0.4, -0.2) is 49.8 Å². The van der Waals surface area contributed by atoms with E-state index in [-0.39, 0.29) is 22.4 Å². The third-order valence-corrected chi connectivity index (χ3v) is 7.15. The number of aryl methyl sites for hydroxylation is 2. The molecule has 1 aromatic carbocycles. The van der Waals surface area contributed by atoms with E-state index in [2.05, 4.69) is 35.2 Å². The van der Waals surface area contributed by atoms with Gasteiger partial charge in [0.25, 0.3) is 10.0 Å². The van der Waals surface area contributed by atoms with Crippen molar-refractivity contribution in [3.8, 4) is 11.4 Å². The molecule has 4 rings (SSSR count). The van der Waals surface area contributed by atoms with Crippen molar-refractivity contribution in [1.29, 1.82) is 0 Å². The molecule has 0 saturated carbocycles. The first-order valence-corrected chi connectivity index (χ1v) is 12.9. The van der Waals surface area contributed by atoms with Gasteiger partial charge in [0.15, 0.2) is 11.0 Å². The van der Waals surface area contributed by atoms with Gasteiger partial charge in [0, 0.05) is 42.5 Å². The van der Waals surface area contributed by atoms with Gasteiger partial charge in [-0.1, -0.05) is 11.8 Å². The van der Waals surface area contributed by atoms with Crippen LogP contribution in [-0.2, 0) is 21.9 Å². The van der Waals surface area contributed by atoms with E-state index in [9.17, 15) is 13.2 Å². The molecule has 0 unspecified atom stereocenters. The van der Waals surface area contributed by atoms with Crippen molar-refractivity contribution < 1.29 is 13.2 Å². The van der Waals surface area contributed by atoms with E-state index in [1.54, 1.807) is 36.9 Å². The molecule has 2 N–H and O–H groups in total. The Labute approximate surface area is 206 Å². The quantitative estimate of drug-likeness (QED) is 0.342. The molecule has 13 heteroatoms. The number of pyridine rings is 1. The number of hydrogen-bond donors (Lipinski definition) is 2. The summed E-state index contributed by atoms with van der Waals surface area (Å²) in [6, 6.07) is 11.1. The maximum absolute atomic E-state index is 12.7. The second kappa shape index (κ2) is 10.2. The van der Waals surface area contributed by atoms with Crippen LogP contribution in [0.15, 0.2) is 64.9 Å². The second-order valence-electron chi connectivity index (χ2n) is 7.51. The first-order chi connectivity index (χ1) is 16.7. The third-order valence-electron chi connectivity index (χ3n) is 4.76. The highest BCUT2D eigenvalue weighted by Gasteiger charge is 2.16. The molecule has 1 amide bonds. The van der Waals surface area contributed by atoms with E-state index in [4.69, 9.17) is 0 Å². The third kappa shape index (κ3) is 6.00. The fraction of sp³-hybridized carbons (Fsp3) is 0.182. The Bertz CT molecular complexity index is 1440. The highest BCUT2D eigenvalue weighted by atomic mass is 32.2. The van der Waals surface area contributed by atoms with E-state index in [1.807, 2.05) is 19.2 Å². The molecule has 11 nitrogen and oxygen atoms in total. The number of anilines is 2. The lowest BCUT2D eigenvalue weighted by molar-refractivity contribution is -0.113. The molecule has 4 aromatic rings. The fourth-order valence-corrected chi connectivity index (χ4v) is 4.91. The molecular formula is C22H22N8O3S2. The number of carbonyl (C=O) groups excluding carboxylic acids is 1. The van der Waals surface area contributed by atoms with E-state index in [0.717, 1.165) is 5.56 Å². The summed E-state index contributed by atoms with van der Waals surface area (Å²) in [6.07, 6.45) is 3.35. The van der Waals surface area contributed by atoms with Crippen molar-refractivity contribution in [3.63, 3.8) is 0 Å². The molecule has 3 aromatic heterocycles. The number of sulfonamides is 1. The van der Waals surface area contributed by atoms with Crippen LogP contribution in [0.2, 0.25) is 0 Å². The largest absolute Gasteiger partial charge is 0.325 e. The summed E-state index contributed by atoms with van der Waals surface area (Å²) in [5.74, 6) is 1.18. The maximum Gasteiger partial charge on any atom is 0.263 e. The Morgan fingerprint density at radius 3 is 2.43 bits per heavy atom. The number of thioether (sulfide) groups is 1. The fourth-order valence-electron chi connectivity index (χ4n) is 3.20. The van der Waals surface area contributed by atoms with Crippen LogP contribution in [0.25, 0.3) is 11.4 Å². The highest BCUT2D eigenvalue weighted by Crippen LogP contribution is 2.23. The van der Waals surface area contributed by atoms with Crippen molar-refractivity contribution in [1.82, 2.24) is 29.7 Å². The minimum absolute atomic E-state index is 0.0431. The van der Waals surface area contributed by atoms with Crippen LogP contribution < -0.4 is 10.0 Å². The molecule has 0 atom stereocenters. The molecule has 0 spiro atoms. The average Bonchev–Trinajstić information content (AvgIpc) is 3.18. The van der Waals surface area contributed by atoms with Crippen LogP contribution in [0.5, 0.6) is 0 Å². The number of benzene rings is 1. The number of amides is 1. The molecule has 0 radical (unpaired) electrons. The molecule has 0 fully saturated rings. The maximum atomic E-state index is 12.7. The lowest BCUT2D eigenvalue weighted by Crippen LogP contribution is -2.16. The molecule has 3 heterocycles. The van der Waals surface area contributed by atoms with Gasteiger partial charge in [0.2, 0.25) is 5.91 Å². The number of rotatable bonds is 8. The first kappa shape index (κ1) is 24.3. The summed E-state index contributed by atoms with van der Waals surface area (Å²) in [5, 5.41) is 11.7. The van der Waals surface area contributed by atoms with Crippen LogP contribution in [0, 0.1) is 13.8 Å². The summed E-state index contributed by atoms with van der Waals surface area (Å²) in [7, 11) is -2.02. The Hall–Kier alpha value is -3.84. The van der Waals surface area contributed by atoms with E-state index < -0.39 is 10.0 Å². The topological polar surface area (TPSA) is 145 Å². The predicted octanol–water partition coefficient (Wildman–Crippen LogP) is 2.82. The number of hydrogen-bond acceptors (Lipinski definition) is 9. The smallest absolute Gasteiger partial charge is 0.263 e. The van der Waals surface area contributed by atoms with E-state index in [0.29, 0.717) is 28.2 Å². The summed E-state index contributed by atoms with van der Waals surface area (Å²) in [5.41, 5.74) is 2.00. The minimum atomic E-state index is -3.84. The Kier molecular flexibility index (Phi) is 7.07. The zero-order chi connectivity index (χ0) is 25.0.